The van der Waals surface area contributed by atoms with E-state index in [0.29, 0.717) is 18.2 Å². The Balaban J connectivity index is 2.07. The third kappa shape index (κ3) is 5.09. The normalized spacial score (nSPS) is 16.6. The van der Waals surface area contributed by atoms with Crippen molar-refractivity contribution in [3.8, 4) is 11.5 Å². The van der Waals surface area contributed by atoms with Gasteiger partial charge < -0.3 is 19.9 Å². The van der Waals surface area contributed by atoms with Crippen molar-refractivity contribution in [1.82, 2.24) is 10.2 Å². The number of hydrogen-bond donors (Lipinski definition) is 2. The molecule has 0 spiro atoms. The molecule has 1 heterocycles. The lowest BCUT2D eigenvalue weighted by atomic mass is 9.92. The van der Waals surface area contributed by atoms with E-state index in [4.69, 9.17) is 9.47 Å². The van der Waals surface area contributed by atoms with Crippen molar-refractivity contribution in [2.24, 2.45) is 5.92 Å². The number of carbonyl (C=O) groups is 1. The molecule has 1 amide bonds. The molecule has 2 rings (SSSR count). The number of hydrogen-bond acceptors (Lipinski definition) is 5. The topological polar surface area (TPSA) is 71.0 Å². The molecule has 1 unspecified atom stereocenters. The van der Waals surface area contributed by atoms with Crippen LogP contribution in [0, 0.1) is 5.92 Å². The summed E-state index contributed by atoms with van der Waals surface area (Å²) in [7, 11) is 1.54. The highest BCUT2D eigenvalue weighted by atomic mass is 16.5. The Labute approximate surface area is 150 Å². The molecular formula is C19H30N2O4. The number of aromatic hydroxyl groups is 1. The van der Waals surface area contributed by atoms with Crippen LogP contribution in [0.3, 0.4) is 0 Å². The van der Waals surface area contributed by atoms with Crippen molar-refractivity contribution >= 4 is 5.91 Å². The monoisotopic (exact) mass is 350 g/mol. The smallest absolute Gasteiger partial charge is 0.255 e. The van der Waals surface area contributed by atoms with Gasteiger partial charge in [0, 0.05) is 25.7 Å². The fourth-order valence-corrected chi connectivity index (χ4v) is 3.45. The zero-order valence-electron chi connectivity index (χ0n) is 15.5. The molecule has 6 heteroatoms. The largest absolute Gasteiger partial charge is 0.507 e. The van der Waals surface area contributed by atoms with Crippen molar-refractivity contribution in [3.05, 3.63) is 23.8 Å². The van der Waals surface area contributed by atoms with Crippen LogP contribution in [0.1, 0.15) is 37.0 Å². The van der Waals surface area contributed by atoms with Crippen LogP contribution in [0.2, 0.25) is 0 Å². The first-order valence-corrected chi connectivity index (χ1v) is 9.07. The van der Waals surface area contributed by atoms with E-state index in [1.54, 1.807) is 12.1 Å². The molecule has 6 nitrogen and oxygen atoms in total. The van der Waals surface area contributed by atoms with E-state index in [1.165, 1.54) is 13.2 Å². The summed E-state index contributed by atoms with van der Waals surface area (Å²) in [5.41, 5.74) is 0.240. The third-order valence-electron chi connectivity index (χ3n) is 5.03. The lowest BCUT2D eigenvalue weighted by Crippen LogP contribution is -2.52. The number of benzene rings is 1. The summed E-state index contributed by atoms with van der Waals surface area (Å²) in [4.78, 5) is 15.0. The molecule has 1 saturated heterocycles. The van der Waals surface area contributed by atoms with Crippen molar-refractivity contribution in [1.29, 1.82) is 0 Å². The zero-order chi connectivity index (χ0) is 18.2. The summed E-state index contributed by atoms with van der Waals surface area (Å²) in [6.07, 6.45) is 2.14. The highest BCUT2D eigenvalue weighted by Gasteiger charge is 2.27. The van der Waals surface area contributed by atoms with Crippen LogP contribution in [0.5, 0.6) is 11.5 Å². The average Bonchev–Trinajstić information content (AvgIpc) is 2.66. The standard InChI is InChI=1S/C19H30N2O4/c1-4-14(5-2)17(21-8-10-25-11-9-21)13-20-19(23)16-12-15(24-3)6-7-18(16)22/h6-7,12,14,17,22H,4-5,8-11,13H2,1-3H3,(H,20,23). The Hall–Kier alpha value is -1.79. The minimum atomic E-state index is -0.277. The molecule has 1 atom stereocenters. The van der Waals surface area contributed by atoms with Crippen LogP contribution in [0.25, 0.3) is 0 Å². The van der Waals surface area contributed by atoms with Crippen molar-refractivity contribution in [2.45, 2.75) is 32.7 Å². The number of ether oxygens (including phenoxy) is 2. The molecule has 0 aromatic heterocycles. The van der Waals surface area contributed by atoms with Gasteiger partial charge in [0.25, 0.3) is 5.91 Å². The molecule has 0 bridgehead atoms. The number of morpholine rings is 1. The summed E-state index contributed by atoms with van der Waals surface area (Å²) >= 11 is 0. The molecule has 25 heavy (non-hydrogen) atoms. The molecule has 1 aliphatic rings. The predicted molar refractivity (Wildman–Crippen MR) is 97.2 cm³/mol. The number of amides is 1. The Bertz CT molecular complexity index is 554. The van der Waals surface area contributed by atoms with E-state index >= 15 is 0 Å². The molecule has 1 aromatic carbocycles. The molecule has 1 fully saturated rings. The summed E-state index contributed by atoms with van der Waals surface area (Å²) in [6, 6.07) is 4.95. The average molecular weight is 350 g/mol. The fourth-order valence-electron chi connectivity index (χ4n) is 3.45. The van der Waals surface area contributed by atoms with Gasteiger partial charge in [0.1, 0.15) is 11.5 Å². The van der Waals surface area contributed by atoms with E-state index < -0.39 is 0 Å². The highest BCUT2D eigenvalue weighted by molar-refractivity contribution is 5.97. The van der Waals surface area contributed by atoms with Gasteiger partial charge in [-0.25, -0.2) is 0 Å². The quantitative estimate of drug-likeness (QED) is 0.753. The minimum Gasteiger partial charge on any atom is -0.507 e. The summed E-state index contributed by atoms with van der Waals surface area (Å²) in [6.45, 7) is 8.20. The van der Waals surface area contributed by atoms with Crippen LogP contribution in [0.15, 0.2) is 18.2 Å². The zero-order valence-corrected chi connectivity index (χ0v) is 15.5. The molecule has 0 saturated carbocycles. The Morgan fingerprint density at radius 2 is 2.00 bits per heavy atom. The Kier molecular flexibility index (Phi) is 7.52. The first-order chi connectivity index (χ1) is 12.1. The highest BCUT2D eigenvalue weighted by Crippen LogP contribution is 2.23. The Morgan fingerprint density at radius 1 is 1.32 bits per heavy atom. The number of carbonyl (C=O) groups excluding carboxylic acids is 1. The maximum absolute atomic E-state index is 12.6. The van der Waals surface area contributed by atoms with Gasteiger partial charge in [-0.15, -0.1) is 0 Å². The number of phenols is 1. The minimum absolute atomic E-state index is 0.0382. The van der Waals surface area contributed by atoms with Gasteiger partial charge in [0.05, 0.1) is 25.9 Å². The maximum atomic E-state index is 12.6. The van der Waals surface area contributed by atoms with E-state index in [0.717, 1.165) is 39.1 Å². The van der Waals surface area contributed by atoms with Crippen LogP contribution < -0.4 is 10.1 Å². The molecule has 2 N–H and O–H groups in total. The van der Waals surface area contributed by atoms with Gasteiger partial charge in [0.15, 0.2) is 0 Å². The van der Waals surface area contributed by atoms with Crippen LogP contribution in [-0.2, 0) is 4.74 Å². The van der Waals surface area contributed by atoms with Crippen LogP contribution in [0.4, 0.5) is 0 Å². The molecule has 140 valence electrons. The van der Waals surface area contributed by atoms with E-state index in [-0.39, 0.29) is 23.3 Å². The molecular weight excluding hydrogens is 320 g/mol. The van der Waals surface area contributed by atoms with Gasteiger partial charge in [-0.05, 0) is 24.1 Å². The molecule has 1 aliphatic heterocycles. The molecule has 0 radical (unpaired) electrons. The SMILES string of the molecule is CCC(CC)C(CNC(=O)c1cc(OC)ccc1O)N1CCOCC1. The third-order valence-corrected chi connectivity index (χ3v) is 5.03. The van der Waals surface area contributed by atoms with Gasteiger partial charge >= 0.3 is 0 Å². The first kappa shape index (κ1) is 19.5. The van der Waals surface area contributed by atoms with Crippen LogP contribution >= 0.6 is 0 Å². The summed E-state index contributed by atoms with van der Waals surface area (Å²) in [5, 5.41) is 13.0. The summed E-state index contributed by atoms with van der Waals surface area (Å²) in [5.74, 6) is 0.745. The fraction of sp³-hybridized carbons (Fsp3) is 0.632. The first-order valence-electron chi connectivity index (χ1n) is 9.07. The number of nitrogens with one attached hydrogen (secondary N) is 1. The van der Waals surface area contributed by atoms with E-state index in [1.807, 2.05) is 0 Å². The summed E-state index contributed by atoms with van der Waals surface area (Å²) < 4.78 is 10.6. The van der Waals surface area contributed by atoms with Crippen molar-refractivity contribution in [2.75, 3.05) is 40.0 Å². The van der Waals surface area contributed by atoms with Crippen LogP contribution in [-0.4, -0.2) is 61.9 Å². The predicted octanol–water partition coefficient (Wildman–Crippen LogP) is 2.27. The second-order valence-corrected chi connectivity index (χ2v) is 6.39. The van der Waals surface area contributed by atoms with Crippen molar-refractivity contribution in [3.63, 3.8) is 0 Å². The van der Waals surface area contributed by atoms with E-state index in [2.05, 4.69) is 24.1 Å². The second-order valence-electron chi connectivity index (χ2n) is 6.39. The molecule has 0 aliphatic carbocycles. The molecule has 1 aromatic rings. The maximum Gasteiger partial charge on any atom is 0.255 e. The number of nitrogens with zero attached hydrogens (tertiary/aromatic N) is 1. The van der Waals surface area contributed by atoms with Crippen molar-refractivity contribution < 1.29 is 19.4 Å². The lowest BCUT2D eigenvalue weighted by Gasteiger charge is -2.38. The Morgan fingerprint density at radius 3 is 2.60 bits per heavy atom. The van der Waals surface area contributed by atoms with Gasteiger partial charge in [-0.3, -0.25) is 9.69 Å². The number of phenolic OH excluding ortho intramolecular Hbond substituents is 1. The number of methoxy groups -OCH3 is 1. The van der Waals surface area contributed by atoms with Gasteiger partial charge in [-0.2, -0.15) is 0 Å². The van der Waals surface area contributed by atoms with Gasteiger partial charge in [-0.1, -0.05) is 26.7 Å². The van der Waals surface area contributed by atoms with E-state index in [9.17, 15) is 9.90 Å². The number of rotatable bonds is 8. The second kappa shape index (κ2) is 9.63. The van der Waals surface area contributed by atoms with Gasteiger partial charge in [0.2, 0.25) is 0 Å². The lowest BCUT2D eigenvalue weighted by molar-refractivity contribution is 0.00191.